The monoisotopic (exact) mass is 122 g/mol. The molecular formula is C5H8F2O. The standard InChI is InChI=1S/C5H8F2O/c1-4(3-8)2-5(4,6)7/h8H,2-3H2,1H3/t4-/m1/s1. The molecule has 48 valence electrons. The summed E-state index contributed by atoms with van der Waals surface area (Å²) >= 11 is 0. The summed E-state index contributed by atoms with van der Waals surface area (Å²) in [6.45, 7) is 0.979. The number of alkyl halides is 2. The Morgan fingerprint density at radius 2 is 2.00 bits per heavy atom. The lowest BCUT2D eigenvalue weighted by Crippen LogP contribution is -2.10. The van der Waals surface area contributed by atoms with Crippen molar-refractivity contribution in [1.82, 2.24) is 0 Å². The molecule has 1 rings (SSSR count). The van der Waals surface area contributed by atoms with Crippen molar-refractivity contribution in [1.29, 1.82) is 0 Å². The first kappa shape index (κ1) is 5.95. The molecule has 1 N–H and O–H groups in total. The summed E-state index contributed by atoms with van der Waals surface area (Å²) in [5.74, 6) is -2.60. The Morgan fingerprint density at radius 3 is 2.00 bits per heavy atom. The van der Waals surface area contributed by atoms with Gasteiger partial charge in [-0.2, -0.15) is 0 Å². The summed E-state index contributed by atoms with van der Waals surface area (Å²) in [4.78, 5) is 0. The largest absolute Gasteiger partial charge is 0.396 e. The average Bonchev–Trinajstić information content (AvgIpc) is 2.10. The molecule has 8 heavy (non-hydrogen) atoms. The number of halogens is 2. The Balaban J connectivity index is 2.55. The highest BCUT2D eigenvalue weighted by molar-refractivity contribution is 5.06. The fourth-order valence-corrected chi connectivity index (χ4v) is 0.617. The maximum Gasteiger partial charge on any atom is 0.256 e. The van der Waals surface area contributed by atoms with E-state index in [0.29, 0.717) is 0 Å². The second-order valence-electron chi connectivity index (χ2n) is 2.60. The van der Waals surface area contributed by atoms with Gasteiger partial charge >= 0.3 is 0 Å². The van der Waals surface area contributed by atoms with Crippen molar-refractivity contribution < 1.29 is 13.9 Å². The summed E-state index contributed by atoms with van der Waals surface area (Å²) in [5, 5.41) is 8.32. The zero-order chi connectivity index (χ0) is 6.41. The van der Waals surface area contributed by atoms with Crippen LogP contribution in [0, 0.1) is 5.41 Å². The van der Waals surface area contributed by atoms with Gasteiger partial charge in [0.05, 0.1) is 12.0 Å². The second kappa shape index (κ2) is 1.21. The third-order valence-electron chi connectivity index (χ3n) is 1.72. The van der Waals surface area contributed by atoms with E-state index in [2.05, 4.69) is 0 Å². The molecule has 0 bridgehead atoms. The van der Waals surface area contributed by atoms with Crippen LogP contribution in [0.2, 0.25) is 0 Å². The van der Waals surface area contributed by atoms with Gasteiger partial charge in [-0.05, 0) is 0 Å². The van der Waals surface area contributed by atoms with Crippen molar-refractivity contribution in [3.8, 4) is 0 Å². The SMILES string of the molecule is C[C@]1(CO)CC1(F)F. The van der Waals surface area contributed by atoms with Gasteiger partial charge in [0.15, 0.2) is 0 Å². The van der Waals surface area contributed by atoms with Crippen LogP contribution in [0.1, 0.15) is 13.3 Å². The molecule has 1 aliphatic rings. The predicted octanol–water partition coefficient (Wildman–Crippen LogP) is 1.02. The summed E-state index contributed by atoms with van der Waals surface area (Å²) in [7, 11) is 0. The molecule has 0 aromatic carbocycles. The van der Waals surface area contributed by atoms with Gasteiger partial charge in [0.25, 0.3) is 5.92 Å². The minimum atomic E-state index is -2.60. The maximum absolute atomic E-state index is 12.0. The van der Waals surface area contributed by atoms with Crippen LogP contribution in [0.25, 0.3) is 0 Å². The molecule has 3 heteroatoms. The molecule has 1 saturated carbocycles. The molecule has 0 amide bonds. The lowest BCUT2D eigenvalue weighted by molar-refractivity contribution is 0.0449. The molecule has 0 spiro atoms. The van der Waals surface area contributed by atoms with E-state index >= 15 is 0 Å². The molecule has 0 heterocycles. The third-order valence-corrected chi connectivity index (χ3v) is 1.72. The van der Waals surface area contributed by atoms with Crippen molar-refractivity contribution in [3.63, 3.8) is 0 Å². The third kappa shape index (κ3) is 0.540. The first-order chi connectivity index (χ1) is 3.52. The zero-order valence-corrected chi connectivity index (χ0v) is 4.62. The van der Waals surface area contributed by atoms with Crippen LogP contribution in [-0.4, -0.2) is 17.6 Å². The molecule has 1 aliphatic carbocycles. The number of aliphatic hydroxyl groups is 1. The van der Waals surface area contributed by atoms with Gasteiger partial charge in [0.1, 0.15) is 0 Å². The molecule has 0 aromatic rings. The fourth-order valence-electron chi connectivity index (χ4n) is 0.617. The van der Waals surface area contributed by atoms with Gasteiger partial charge in [0.2, 0.25) is 0 Å². The molecule has 0 radical (unpaired) electrons. The van der Waals surface area contributed by atoms with E-state index in [1.807, 2.05) is 0 Å². The summed E-state index contributed by atoms with van der Waals surface area (Å²) in [6.07, 6.45) is -0.156. The van der Waals surface area contributed by atoms with Crippen LogP contribution in [0.4, 0.5) is 8.78 Å². The highest BCUT2D eigenvalue weighted by Crippen LogP contribution is 2.59. The lowest BCUT2D eigenvalue weighted by atomic mass is 10.2. The van der Waals surface area contributed by atoms with Gasteiger partial charge < -0.3 is 5.11 Å². The average molecular weight is 122 g/mol. The van der Waals surface area contributed by atoms with E-state index in [1.165, 1.54) is 6.92 Å². The summed E-state index contributed by atoms with van der Waals surface area (Å²) in [6, 6.07) is 0. The van der Waals surface area contributed by atoms with Gasteiger partial charge in [-0.25, -0.2) is 8.78 Å². The lowest BCUT2D eigenvalue weighted by Gasteiger charge is -2.01. The van der Waals surface area contributed by atoms with Gasteiger partial charge in [0, 0.05) is 6.42 Å². The highest BCUT2D eigenvalue weighted by atomic mass is 19.3. The fraction of sp³-hybridized carbons (Fsp3) is 1.00. The van der Waals surface area contributed by atoms with Crippen LogP contribution >= 0.6 is 0 Å². The van der Waals surface area contributed by atoms with Gasteiger partial charge in [-0.15, -0.1) is 0 Å². The molecule has 0 aliphatic heterocycles. The van der Waals surface area contributed by atoms with Crippen molar-refractivity contribution in [2.24, 2.45) is 5.41 Å². The second-order valence-corrected chi connectivity index (χ2v) is 2.60. The molecule has 0 aromatic heterocycles. The van der Waals surface area contributed by atoms with Crippen LogP contribution in [0.3, 0.4) is 0 Å². The van der Waals surface area contributed by atoms with Gasteiger partial charge in [-0.3, -0.25) is 0 Å². The Hall–Kier alpha value is -0.180. The van der Waals surface area contributed by atoms with E-state index in [0.717, 1.165) is 0 Å². The minimum Gasteiger partial charge on any atom is -0.396 e. The first-order valence-corrected chi connectivity index (χ1v) is 2.50. The Morgan fingerprint density at radius 1 is 1.62 bits per heavy atom. The first-order valence-electron chi connectivity index (χ1n) is 2.50. The number of rotatable bonds is 1. The van der Waals surface area contributed by atoms with E-state index in [-0.39, 0.29) is 6.42 Å². The van der Waals surface area contributed by atoms with Crippen molar-refractivity contribution in [3.05, 3.63) is 0 Å². The molecule has 0 unspecified atom stereocenters. The molecular weight excluding hydrogens is 114 g/mol. The van der Waals surface area contributed by atoms with Crippen LogP contribution < -0.4 is 0 Å². The van der Waals surface area contributed by atoms with Gasteiger partial charge in [-0.1, -0.05) is 6.92 Å². The quantitative estimate of drug-likeness (QED) is 0.550. The van der Waals surface area contributed by atoms with E-state index in [1.54, 1.807) is 0 Å². The number of aliphatic hydroxyl groups excluding tert-OH is 1. The van der Waals surface area contributed by atoms with Crippen molar-refractivity contribution in [2.75, 3.05) is 6.61 Å². The van der Waals surface area contributed by atoms with E-state index < -0.39 is 17.9 Å². The molecule has 0 saturated heterocycles. The number of hydrogen-bond donors (Lipinski definition) is 1. The van der Waals surface area contributed by atoms with E-state index in [4.69, 9.17) is 5.11 Å². The van der Waals surface area contributed by atoms with Crippen LogP contribution in [-0.2, 0) is 0 Å². The highest BCUT2D eigenvalue weighted by Gasteiger charge is 2.67. The molecule has 1 nitrogen and oxygen atoms in total. The Bertz CT molecular complexity index is 113. The molecule has 1 atom stereocenters. The normalized spacial score (nSPS) is 42.0. The number of hydrogen-bond acceptors (Lipinski definition) is 1. The topological polar surface area (TPSA) is 20.2 Å². The molecule has 1 fully saturated rings. The van der Waals surface area contributed by atoms with Crippen LogP contribution in [0.15, 0.2) is 0 Å². The summed E-state index contributed by atoms with van der Waals surface area (Å²) in [5.41, 5.74) is -1.09. The van der Waals surface area contributed by atoms with Crippen molar-refractivity contribution in [2.45, 2.75) is 19.3 Å². The Kier molecular flexibility index (Phi) is 0.899. The van der Waals surface area contributed by atoms with E-state index in [9.17, 15) is 8.78 Å². The van der Waals surface area contributed by atoms with Crippen LogP contribution in [0.5, 0.6) is 0 Å². The Labute approximate surface area is 46.3 Å². The van der Waals surface area contributed by atoms with Crippen molar-refractivity contribution >= 4 is 0 Å². The maximum atomic E-state index is 12.0. The predicted molar refractivity (Wildman–Crippen MR) is 24.8 cm³/mol. The zero-order valence-electron chi connectivity index (χ0n) is 4.62. The minimum absolute atomic E-state index is 0.156. The smallest absolute Gasteiger partial charge is 0.256 e. The summed E-state index contributed by atoms with van der Waals surface area (Å²) < 4.78 is 24.0.